The zero-order chi connectivity index (χ0) is 18.4. The summed E-state index contributed by atoms with van der Waals surface area (Å²) < 4.78 is 0. The van der Waals surface area contributed by atoms with Gasteiger partial charge in [-0.15, -0.1) is 10.2 Å². The van der Waals surface area contributed by atoms with Crippen molar-refractivity contribution in [2.45, 2.75) is 26.3 Å². The van der Waals surface area contributed by atoms with Crippen LogP contribution in [-0.4, -0.2) is 32.3 Å². The molecule has 132 valence electrons. The summed E-state index contributed by atoms with van der Waals surface area (Å²) in [6.07, 6.45) is 1.60. The Morgan fingerprint density at radius 1 is 1.15 bits per heavy atom. The van der Waals surface area contributed by atoms with Crippen molar-refractivity contribution in [2.24, 2.45) is 5.10 Å². The lowest BCUT2D eigenvalue weighted by atomic mass is 10.0. The molecule has 0 saturated carbocycles. The number of carbonyl (C=O) groups excluding carboxylic acids is 1. The second kappa shape index (κ2) is 8.15. The molecule has 0 bridgehead atoms. The zero-order valence-corrected chi connectivity index (χ0v) is 14.7. The van der Waals surface area contributed by atoms with Crippen LogP contribution in [0.5, 0.6) is 0 Å². The number of nitrogens with one attached hydrogen (secondary N) is 1. The van der Waals surface area contributed by atoms with Crippen LogP contribution in [0, 0.1) is 0 Å². The van der Waals surface area contributed by atoms with Crippen LogP contribution in [0.25, 0.3) is 11.4 Å². The third-order valence-corrected chi connectivity index (χ3v) is 3.78. The molecule has 0 unspecified atom stereocenters. The number of benzene rings is 2. The molecule has 3 rings (SSSR count). The molecular weight excluding hydrogens is 328 g/mol. The molecule has 2 aromatic carbocycles. The minimum atomic E-state index is -0.322. The first-order valence-electron chi connectivity index (χ1n) is 8.37. The summed E-state index contributed by atoms with van der Waals surface area (Å²) >= 11 is 0. The summed E-state index contributed by atoms with van der Waals surface area (Å²) in [7, 11) is 0. The molecule has 26 heavy (non-hydrogen) atoms. The highest BCUT2D eigenvalue weighted by Crippen LogP contribution is 2.14. The van der Waals surface area contributed by atoms with E-state index in [-0.39, 0.29) is 12.5 Å². The maximum Gasteiger partial charge on any atom is 0.263 e. The lowest BCUT2D eigenvalue weighted by Gasteiger charge is -2.04. The van der Waals surface area contributed by atoms with Crippen LogP contribution in [-0.2, 0) is 11.3 Å². The predicted octanol–water partition coefficient (Wildman–Crippen LogP) is 2.61. The van der Waals surface area contributed by atoms with E-state index in [9.17, 15) is 4.79 Å². The van der Waals surface area contributed by atoms with Crippen LogP contribution in [0.1, 0.15) is 30.9 Å². The van der Waals surface area contributed by atoms with Crippen molar-refractivity contribution < 1.29 is 4.79 Å². The lowest BCUT2D eigenvalue weighted by Crippen LogP contribution is -2.24. The minimum Gasteiger partial charge on any atom is -0.271 e. The molecule has 1 amide bonds. The van der Waals surface area contributed by atoms with Gasteiger partial charge in [0.25, 0.3) is 5.91 Å². The van der Waals surface area contributed by atoms with Gasteiger partial charge in [-0.2, -0.15) is 9.90 Å². The fourth-order valence-corrected chi connectivity index (χ4v) is 2.32. The lowest BCUT2D eigenvalue weighted by molar-refractivity contribution is -0.122. The van der Waals surface area contributed by atoms with Crippen molar-refractivity contribution in [1.29, 1.82) is 0 Å². The highest BCUT2D eigenvalue weighted by molar-refractivity contribution is 5.82. The van der Waals surface area contributed by atoms with Crippen molar-refractivity contribution >= 4 is 12.1 Å². The van der Waals surface area contributed by atoms with Gasteiger partial charge in [-0.1, -0.05) is 68.4 Å². The van der Waals surface area contributed by atoms with Crippen LogP contribution in [0.3, 0.4) is 0 Å². The van der Waals surface area contributed by atoms with Crippen molar-refractivity contribution in [3.8, 4) is 11.4 Å². The summed E-state index contributed by atoms with van der Waals surface area (Å²) in [5, 5.41) is 16.0. The number of hydrazone groups is 1. The molecule has 0 fully saturated rings. The standard InChI is InChI=1S/C19H20N6O/c1-14(2)16-10-8-15(9-11-16)12-20-21-18(26)13-25-23-19(22-24-25)17-6-4-3-5-7-17/h3-12,14H,13H2,1-2H3,(H,21,26)/b20-12-. The second-order valence-electron chi connectivity index (χ2n) is 6.12. The van der Waals surface area contributed by atoms with Crippen LogP contribution in [0.4, 0.5) is 0 Å². The van der Waals surface area contributed by atoms with E-state index in [0.29, 0.717) is 11.7 Å². The fraction of sp³-hybridized carbons (Fsp3) is 0.211. The Balaban J connectivity index is 1.53. The molecule has 0 radical (unpaired) electrons. The van der Waals surface area contributed by atoms with Gasteiger partial charge in [-0.05, 0) is 22.3 Å². The van der Waals surface area contributed by atoms with Gasteiger partial charge in [0.05, 0.1) is 6.21 Å². The monoisotopic (exact) mass is 348 g/mol. The number of carbonyl (C=O) groups is 1. The second-order valence-corrected chi connectivity index (χ2v) is 6.12. The largest absolute Gasteiger partial charge is 0.271 e. The van der Waals surface area contributed by atoms with Crippen molar-refractivity contribution in [3.05, 3.63) is 65.7 Å². The Kier molecular flexibility index (Phi) is 5.48. The molecule has 0 saturated heterocycles. The highest BCUT2D eigenvalue weighted by Gasteiger charge is 2.08. The van der Waals surface area contributed by atoms with Gasteiger partial charge in [0.2, 0.25) is 5.82 Å². The third-order valence-electron chi connectivity index (χ3n) is 3.78. The Morgan fingerprint density at radius 2 is 1.88 bits per heavy atom. The number of tetrazole rings is 1. The molecule has 7 nitrogen and oxygen atoms in total. The topological polar surface area (TPSA) is 85.1 Å². The summed E-state index contributed by atoms with van der Waals surface area (Å²) in [4.78, 5) is 13.2. The maximum atomic E-state index is 11.9. The number of rotatable bonds is 6. The molecule has 1 aromatic heterocycles. The van der Waals surface area contributed by atoms with Gasteiger partial charge in [0.1, 0.15) is 6.54 Å². The number of nitrogens with zero attached hydrogens (tertiary/aromatic N) is 5. The molecule has 0 atom stereocenters. The Morgan fingerprint density at radius 3 is 2.58 bits per heavy atom. The molecule has 3 aromatic rings. The predicted molar refractivity (Wildman–Crippen MR) is 99.5 cm³/mol. The van der Waals surface area contributed by atoms with Gasteiger partial charge >= 0.3 is 0 Å². The first-order valence-corrected chi connectivity index (χ1v) is 8.37. The highest BCUT2D eigenvalue weighted by atomic mass is 16.2. The van der Waals surface area contributed by atoms with Gasteiger partial charge in [-0.25, -0.2) is 5.43 Å². The van der Waals surface area contributed by atoms with Gasteiger partial charge in [-0.3, -0.25) is 4.79 Å². The number of amides is 1. The molecule has 0 spiro atoms. The summed E-state index contributed by atoms with van der Waals surface area (Å²) in [5.74, 6) is 0.640. The van der Waals surface area contributed by atoms with E-state index in [4.69, 9.17) is 0 Å². The first kappa shape index (κ1) is 17.5. The van der Waals surface area contributed by atoms with E-state index < -0.39 is 0 Å². The molecule has 7 heteroatoms. The van der Waals surface area contributed by atoms with E-state index in [1.165, 1.54) is 10.4 Å². The van der Waals surface area contributed by atoms with Crippen LogP contribution >= 0.6 is 0 Å². The Bertz CT molecular complexity index is 884. The zero-order valence-electron chi connectivity index (χ0n) is 14.7. The first-order chi connectivity index (χ1) is 12.6. The number of hydrogen-bond donors (Lipinski definition) is 1. The van der Waals surface area contributed by atoms with Crippen molar-refractivity contribution in [3.63, 3.8) is 0 Å². The molecular formula is C19H20N6O. The minimum absolute atomic E-state index is 0.0521. The average Bonchev–Trinajstić information content (AvgIpc) is 3.11. The van der Waals surface area contributed by atoms with E-state index in [2.05, 4.69) is 51.9 Å². The van der Waals surface area contributed by atoms with E-state index in [1.54, 1.807) is 6.21 Å². The van der Waals surface area contributed by atoms with Crippen LogP contribution < -0.4 is 5.43 Å². The van der Waals surface area contributed by atoms with E-state index in [0.717, 1.165) is 11.1 Å². The number of aromatic nitrogens is 4. The van der Waals surface area contributed by atoms with Crippen LogP contribution in [0.2, 0.25) is 0 Å². The van der Waals surface area contributed by atoms with E-state index >= 15 is 0 Å². The van der Waals surface area contributed by atoms with E-state index in [1.807, 2.05) is 42.5 Å². The molecule has 1 N–H and O–H groups in total. The maximum absolute atomic E-state index is 11.9. The van der Waals surface area contributed by atoms with Crippen LogP contribution in [0.15, 0.2) is 59.7 Å². The van der Waals surface area contributed by atoms with Crippen molar-refractivity contribution in [2.75, 3.05) is 0 Å². The quantitative estimate of drug-likeness (QED) is 0.548. The normalized spacial score (nSPS) is 11.2. The average molecular weight is 348 g/mol. The SMILES string of the molecule is CC(C)c1ccc(/C=N\NC(=O)Cn2nnc(-c3ccccc3)n2)cc1. The number of hydrogen-bond acceptors (Lipinski definition) is 5. The molecule has 0 aliphatic heterocycles. The molecule has 0 aliphatic carbocycles. The van der Waals surface area contributed by atoms with Gasteiger partial charge < -0.3 is 0 Å². The summed E-state index contributed by atoms with van der Waals surface area (Å²) in [6.45, 7) is 4.23. The third kappa shape index (κ3) is 4.60. The smallest absolute Gasteiger partial charge is 0.263 e. The van der Waals surface area contributed by atoms with Crippen molar-refractivity contribution in [1.82, 2.24) is 25.6 Å². The molecule has 1 heterocycles. The Labute approximate surface area is 151 Å². The fourth-order valence-electron chi connectivity index (χ4n) is 2.32. The van der Waals surface area contributed by atoms with Gasteiger partial charge in [0, 0.05) is 5.56 Å². The summed E-state index contributed by atoms with van der Waals surface area (Å²) in [6, 6.07) is 17.5. The van der Waals surface area contributed by atoms with Gasteiger partial charge in [0.15, 0.2) is 0 Å². The molecule has 0 aliphatic rings. The summed E-state index contributed by atoms with van der Waals surface area (Å²) in [5.41, 5.74) is 5.50. The Hall–Kier alpha value is -3.35.